The normalized spacial score (nSPS) is 10.0. The smallest absolute Gasteiger partial charge is 0.223 e. The predicted octanol–water partition coefficient (Wildman–Crippen LogP) is 3.20. The Bertz CT molecular complexity index is 871. The first-order chi connectivity index (χ1) is 13.0. The van der Waals surface area contributed by atoms with E-state index in [0.29, 0.717) is 29.2 Å². The molecule has 0 bridgehead atoms. The van der Waals surface area contributed by atoms with Crippen LogP contribution in [-0.4, -0.2) is 37.9 Å². The van der Waals surface area contributed by atoms with Gasteiger partial charge in [-0.05, 0) is 35.9 Å². The van der Waals surface area contributed by atoms with Gasteiger partial charge in [-0.15, -0.1) is 0 Å². The number of hydrogen-bond donors (Lipinski definition) is 0. The summed E-state index contributed by atoms with van der Waals surface area (Å²) in [7, 11) is 4.72. The molecule has 2 aromatic rings. The van der Waals surface area contributed by atoms with E-state index in [9.17, 15) is 9.59 Å². The first-order valence-electron chi connectivity index (χ1n) is 8.46. The molecule has 0 saturated carbocycles. The Morgan fingerprint density at radius 3 is 2.44 bits per heavy atom. The molecule has 0 aromatic heterocycles. The molecule has 0 fully saturated rings. The lowest BCUT2D eigenvalue weighted by molar-refractivity contribution is -0.130. The second-order valence-corrected chi connectivity index (χ2v) is 6.05. The van der Waals surface area contributed by atoms with Crippen LogP contribution in [0.2, 0.25) is 0 Å². The fourth-order valence-corrected chi connectivity index (χ4v) is 2.67. The van der Waals surface area contributed by atoms with Crippen molar-refractivity contribution in [1.29, 1.82) is 5.26 Å². The van der Waals surface area contributed by atoms with Crippen LogP contribution in [0.3, 0.4) is 0 Å². The molecule has 6 nitrogen and oxygen atoms in total. The number of nitriles is 1. The van der Waals surface area contributed by atoms with Crippen LogP contribution in [0.5, 0.6) is 11.5 Å². The molecular weight excluding hydrogens is 344 g/mol. The van der Waals surface area contributed by atoms with E-state index in [1.165, 1.54) is 14.2 Å². The number of hydrogen-bond acceptors (Lipinski definition) is 5. The summed E-state index contributed by atoms with van der Waals surface area (Å²) in [4.78, 5) is 26.3. The van der Waals surface area contributed by atoms with Gasteiger partial charge in [0.05, 0.1) is 25.9 Å². The van der Waals surface area contributed by atoms with Gasteiger partial charge in [0, 0.05) is 32.0 Å². The van der Waals surface area contributed by atoms with Gasteiger partial charge in [0.15, 0.2) is 17.3 Å². The van der Waals surface area contributed by atoms with Gasteiger partial charge in [-0.2, -0.15) is 5.26 Å². The van der Waals surface area contributed by atoms with E-state index in [4.69, 9.17) is 14.7 Å². The Balaban J connectivity index is 1.94. The van der Waals surface area contributed by atoms with Gasteiger partial charge >= 0.3 is 0 Å². The van der Waals surface area contributed by atoms with Gasteiger partial charge in [0.1, 0.15) is 0 Å². The van der Waals surface area contributed by atoms with Crippen molar-refractivity contribution in [2.24, 2.45) is 0 Å². The van der Waals surface area contributed by atoms with E-state index in [1.54, 1.807) is 48.3 Å². The number of benzene rings is 2. The third-order valence-corrected chi connectivity index (χ3v) is 4.17. The van der Waals surface area contributed by atoms with Crippen molar-refractivity contribution in [3.05, 3.63) is 59.2 Å². The van der Waals surface area contributed by atoms with Crippen LogP contribution in [-0.2, 0) is 11.3 Å². The van der Waals surface area contributed by atoms with Crippen LogP contribution < -0.4 is 9.47 Å². The molecule has 27 heavy (non-hydrogen) atoms. The average Bonchev–Trinajstić information content (AvgIpc) is 2.71. The maximum atomic E-state index is 12.4. The fourth-order valence-electron chi connectivity index (χ4n) is 2.67. The Morgan fingerprint density at radius 1 is 1.04 bits per heavy atom. The van der Waals surface area contributed by atoms with Gasteiger partial charge < -0.3 is 14.4 Å². The first kappa shape index (κ1) is 20.0. The SMILES string of the molecule is COc1ccc(C(=O)CCC(=O)N(C)Cc2cccc(C#N)c2)cc1OC. The maximum Gasteiger partial charge on any atom is 0.223 e. The summed E-state index contributed by atoms with van der Waals surface area (Å²) in [5.74, 6) is 0.754. The maximum absolute atomic E-state index is 12.4. The highest BCUT2D eigenvalue weighted by molar-refractivity contribution is 5.98. The van der Waals surface area contributed by atoms with Crippen LogP contribution in [0.4, 0.5) is 0 Å². The number of methoxy groups -OCH3 is 2. The fraction of sp³-hybridized carbons (Fsp3) is 0.286. The summed E-state index contributed by atoms with van der Waals surface area (Å²) in [6.45, 7) is 0.388. The molecule has 0 radical (unpaired) electrons. The lowest BCUT2D eigenvalue weighted by atomic mass is 10.1. The minimum absolute atomic E-state index is 0.108. The zero-order valence-electron chi connectivity index (χ0n) is 15.7. The van der Waals surface area contributed by atoms with Crippen molar-refractivity contribution in [3.63, 3.8) is 0 Å². The summed E-state index contributed by atoms with van der Waals surface area (Å²) in [6.07, 6.45) is 0.221. The molecule has 140 valence electrons. The highest BCUT2D eigenvalue weighted by Crippen LogP contribution is 2.28. The lowest BCUT2D eigenvalue weighted by Gasteiger charge is -2.17. The van der Waals surface area contributed by atoms with Crippen LogP contribution in [0.15, 0.2) is 42.5 Å². The molecule has 6 heteroatoms. The van der Waals surface area contributed by atoms with Crippen molar-refractivity contribution < 1.29 is 19.1 Å². The van der Waals surface area contributed by atoms with Gasteiger partial charge in [-0.25, -0.2) is 0 Å². The van der Waals surface area contributed by atoms with E-state index in [0.717, 1.165) is 5.56 Å². The Kier molecular flexibility index (Phi) is 6.95. The van der Waals surface area contributed by atoms with Gasteiger partial charge in [-0.1, -0.05) is 12.1 Å². The molecular formula is C21H22N2O4. The Morgan fingerprint density at radius 2 is 1.78 bits per heavy atom. The molecule has 2 aromatic carbocycles. The molecule has 1 amide bonds. The highest BCUT2D eigenvalue weighted by Gasteiger charge is 2.15. The molecule has 0 N–H and O–H groups in total. The number of carbonyl (C=O) groups is 2. The predicted molar refractivity (Wildman–Crippen MR) is 101 cm³/mol. The van der Waals surface area contributed by atoms with Crippen molar-refractivity contribution in [1.82, 2.24) is 4.90 Å². The van der Waals surface area contributed by atoms with Crippen molar-refractivity contribution in [3.8, 4) is 17.6 Å². The number of amides is 1. The van der Waals surface area contributed by atoms with Gasteiger partial charge in [-0.3, -0.25) is 9.59 Å². The molecule has 0 spiro atoms. The average molecular weight is 366 g/mol. The Hall–Kier alpha value is -3.33. The second kappa shape index (κ2) is 9.39. The third kappa shape index (κ3) is 5.32. The molecule has 0 saturated heterocycles. The Labute approximate surface area is 158 Å². The third-order valence-electron chi connectivity index (χ3n) is 4.17. The topological polar surface area (TPSA) is 79.6 Å². The standard InChI is InChI=1S/C21H22N2O4/c1-23(14-16-6-4-5-15(11-16)13-22)21(25)10-8-18(24)17-7-9-19(26-2)20(12-17)27-3/h4-7,9,11-12H,8,10,14H2,1-3H3. The van der Waals surface area contributed by atoms with Crippen LogP contribution in [0, 0.1) is 11.3 Å². The minimum Gasteiger partial charge on any atom is -0.493 e. The molecule has 2 rings (SSSR count). The summed E-state index contributed by atoms with van der Waals surface area (Å²) >= 11 is 0. The largest absolute Gasteiger partial charge is 0.493 e. The monoisotopic (exact) mass is 366 g/mol. The zero-order valence-corrected chi connectivity index (χ0v) is 15.7. The number of rotatable bonds is 8. The van der Waals surface area contributed by atoms with Crippen molar-refractivity contribution in [2.45, 2.75) is 19.4 Å². The molecule has 0 unspecified atom stereocenters. The van der Waals surface area contributed by atoms with E-state index in [2.05, 4.69) is 6.07 Å². The number of carbonyl (C=O) groups excluding carboxylic acids is 2. The molecule has 0 atom stereocenters. The second-order valence-electron chi connectivity index (χ2n) is 6.05. The van der Waals surface area contributed by atoms with Crippen LogP contribution >= 0.6 is 0 Å². The number of nitrogens with zero attached hydrogens (tertiary/aromatic N) is 2. The van der Waals surface area contributed by atoms with E-state index in [-0.39, 0.29) is 24.5 Å². The van der Waals surface area contributed by atoms with Gasteiger partial charge in [0.25, 0.3) is 0 Å². The molecule has 0 aliphatic rings. The van der Waals surface area contributed by atoms with Crippen LogP contribution in [0.1, 0.15) is 34.3 Å². The van der Waals surface area contributed by atoms with Crippen molar-refractivity contribution >= 4 is 11.7 Å². The summed E-state index contributed by atoms with van der Waals surface area (Å²) in [6, 6.07) is 14.1. The van der Waals surface area contributed by atoms with Crippen LogP contribution in [0.25, 0.3) is 0 Å². The first-order valence-corrected chi connectivity index (χ1v) is 8.46. The number of ketones is 1. The molecule has 0 aliphatic carbocycles. The molecule has 0 heterocycles. The number of ether oxygens (including phenoxy) is 2. The van der Waals surface area contributed by atoms with Gasteiger partial charge in [0.2, 0.25) is 5.91 Å². The van der Waals surface area contributed by atoms with E-state index >= 15 is 0 Å². The highest BCUT2D eigenvalue weighted by atomic mass is 16.5. The zero-order chi connectivity index (χ0) is 19.8. The minimum atomic E-state index is -0.135. The quantitative estimate of drug-likeness (QED) is 0.670. The lowest BCUT2D eigenvalue weighted by Crippen LogP contribution is -2.26. The summed E-state index contributed by atoms with van der Waals surface area (Å²) in [5, 5.41) is 8.94. The van der Waals surface area contributed by atoms with E-state index in [1.807, 2.05) is 6.07 Å². The summed E-state index contributed by atoms with van der Waals surface area (Å²) in [5.41, 5.74) is 1.90. The van der Waals surface area contributed by atoms with Crippen molar-refractivity contribution in [2.75, 3.05) is 21.3 Å². The van der Waals surface area contributed by atoms with E-state index < -0.39 is 0 Å². The molecule has 0 aliphatic heterocycles. The number of Topliss-reactive ketones (excluding diaryl/α,β-unsaturated/α-hetero) is 1. The summed E-state index contributed by atoms with van der Waals surface area (Å²) < 4.78 is 10.4.